The van der Waals surface area contributed by atoms with Crippen molar-refractivity contribution in [3.8, 4) is 0 Å². The molecular weight excluding hydrogens is 262 g/mol. The van der Waals surface area contributed by atoms with Crippen LogP contribution in [0.4, 0.5) is 0 Å². The van der Waals surface area contributed by atoms with E-state index in [1.807, 2.05) is 13.8 Å². The molecule has 0 bridgehead atoms. The zero-order chi connectivity index (χ0) is 14.0. The Morgan fingerprint density at radius 2 is 2.11 bits per heavy atom. The zero-order valence-electron chi connectivity index (χ0n) is 11.6. The molecule has 0 atom stereocenters. The number of nitrogens with zero attached hydrogens (tertiary/aromatic N) is 2. The van der Waals surface area contributed by atoms with E-state index in [0.717, 1.165) is 32.2 Å². The summed E-state index contributed by atoms with van der Waals surface area (Å²) in [4.78, 5) is 12.6. The first-order chi connectivity index (χ1) is 9.04. The van der Waals surface area contributed by atoms with Crippen molar-refractivity contribution in [2.75, 3.05) is 6.54 Å². The third-order valence-electron chi connectivity index (χ3n) is 4.02. The molecule has 1 aromatic rings. The van der Waals surface area contributed by atoms with Gasteiger partial charge in [0.2, 0.25) is 0 Å². The van der Waals surface area contributed by atoms with Crippen LogP contribution in [-0.2, 0) is 0 Å². The maximum Gasteiger partial charge on any atom is 0.185 e. The first-order valence-electron chi connectivity index (χ1n) is 7.01. The second-order valence-electron chi connectivity index (χ2n) is 5.70. The van der Waals surface area contributed by atoms with Gasteiger partial charge in [0.1, 0.15) is 5.69 Å². The Morgan fingerprint density at radius 3 is 2.63 bits per heavy atom. The van der Waals surface area contributed by atoms with Crippen molar-refractivity contribution < 1.29 is 4.79 Å². The predicted molar refractivity (Wildman–Crippen MR) is 76.5 cm³/mol. The average Bonchev–Trinajstić information content (AvgIpc) is 2.80. The van der Waals surface area contributed by atoms with Gasteiger partial charge in [-0.25, -0.2) is 0 Å². The molecule has 2 rings (SSSR count). The van der Waals surface area contributed by atoms with Crippen LogP contribution in [0.3, 0.4) is 0 Å². The van der Waals surface area contributed by atoms with E-state index in [0.29, 0.717) is 16.6 Å². The Balaban J connectivity index is 2.14. The Morgan fingerprint density at radius 1 is 1.47 bits per heavy atom. The Bertz CT molecular complexity index is 448. The summed E-state index contributed by atoms with van der Waals surface area (Å²) in [5, 5.41) is 4.68. The highest BCUT2D eigenvalue weighted by Crippen LogP contribution is 2.32. The SMILES string of the molecule is CC(C)n1ncc(Cl)c1C(=O)C1CCC(CN)CC1. The molecule has 1 heterocycles. The highest BCUT2D eigenvalue weighted by atomic mass is 35.5. The maximum absolute atomic E-state index is 12.6. The van der Waals surface area contributed by atoms with Crippen LogP contribution in [0.15, 0.2) is 6.20 Å². The first-order valence-corrected chi connectivity index (χ1v) is 7.39. The fraction of sp³-hybridized carbons (Fsp3) is 0.714. The van der Waals surface area contributed by atoms with Gasteiger partial charge in [0.05, 0.1) is 11.2 Å². The number of rotatable bonds is 4. The molecule has 0 radical (unpaired) electrons. The Hall–Kier alpha value is -0.870. The molecule has 0 aromatic carbocycles. The van der Waals surface area contributed by atoms with Crippen molar-refractivity contribution in [1.29, 1.82) is 0 Å². The van der Waals surface area contributed by atoms with E-state index in [1.165, 1.54) is 0 Å². The molecule has 0 aliphatic heterocycles. The van der Waals surface area contributed by atoms with E-state index in [4.69, 9.17) is 17.3 Å². The van der Waals surface area contributed by atoms with E-state index < -0.39 is 0 Å². The number of ketones is 1. The third-order valence-corrected chi connectivity index (χ3v) is 4.30. The number of halogens is 1. The maximum atomic E-state index is 12.6. The molecule has 1 fully saturated rings. The number of hydrogen-bond acceptors (Lipinski definition) is 3. The van der Waals surface area contributed by atoms with Crippen LogP contribution < -0.4 is 5.73 Å². The molecule has 0 amide bonds. The lowest BCUT2D eigenvalue weighted by atomic mass is 9.79. The van der Waals surface area contributed by atoms with E-state index >= 15 is 0 Å². The van der Waals surface area contributed by atoms with Crippen LogP contribution in [0.5, 0.6) is 0 Å². The fourth-order valence-electron chi connectivity index (χ4n) is 2.82. The van der Waals surface area contributed by atoms with E-state index in [1.54, 1.807) is 10.9 Å². The van der Waals surface area contributed by atoms with E-state index in [-0.39, 0.29) is 17.7 Å². The van der Waals surface area contributed by atoms with Crippen LogP contribution in [0, 0.1) is 11.8 Å². The van der Waals surface area contributed by atoms with Crippen molar-refractivity contribution in [2.45, 2.75) is 45.6 Å². The molecule has 0 saturated heterocycles. The van der Waals surface area contributed by atoms with Gasteiger partial charge < -0.3 is 5.73 Å². The fourth-order valence-corrected chi connectivity index (χ4v) is 3.04. The van der Waals surface area contributed by atoms with Gasteiger partial charge in [-0.15, -0.1) is 0 Å². The minimum Gasteiger partial charge on any atom is -0.330 e. The average molecular weight is 284 g/mol. The predicted octanol–water partition coefficient (Wildman–Crippen LogP) is 3.07. The summed E-state index contributed by atoms with van der Waals surface area (Å²) >= 11 is 6.13. The molecule has 0 spiro atoms. The molecule has 4 nitrogen and oxygen atoms in total. The molecular formula is C14H22ClN3O. The quantitative estimate of drug-likeness (QED) is 0.864. The topological polar surface area (TPSA) is 60.9 Å². The Kier molecular flexibility index (Phi) is 4.63. The van der Waals surface area contributed by atoms with Crippen molar-refractivity contribution in [2.24, 2.45) is 17.6 Å². The van der Waals surface area contributed by atoms with Crippen molar-refractivity contribution in [3.63, 3.8) is 0 Å². The minimum atomic E-state index is 0.0782. The summed E-state index contributed by atoms with van der Waals surface area (Å²) < 4.78 is 1.74. The van der Waals surface area contributed by atoms with Crippen LogP contribution >= 0.6 is 11.6 Å². The van der Waals surface area contributed by atoms with Crippen molar-refractivity contribution >= 4 is 17.4 Å². The number of carbonyl (C=O) groups is 1. The summed E-state index contributed by atoms with van der Waals surface area (Å²) in [7, 11) is 0. The number of nitrogens with two attached hydrogens (primary N) is 1. The van der Waals surface area contributed by atoms with Crippen molar-refractivity contribution in [3.05, 3.63) is 16.9 Å². The number of carbonyl (C=O) groups excluding carboxylic acids is 1. The van der Waals surface area contributed by atoms with Gasteiger partial charge in [-0.2, -0.15) is 5.10 Å². The van der Waals surface area contributed by atoms with Gasteiger partial charge in [0.25, 0.3) is 0 Å². The highest BCUT2D eigenvalue weighted by molar-refractivity contribution is 6.33. The molecule has 1 aliphatic rings. The molecule has 2 N–H and O–H groups in total. The standard InChI is InChI=1S/C14H22ClN3O/c1-9(2)18-13(12(15)8-17-18)14(19)11-5-3-10(7-16)4-6-11/h8-11H,3-7,16H2,1-2H3. The summed E-state index contributed by atoms with van der Waals surface area (Å²) in [6, 6.07) is 0.145. The number of aromatic nitrogens is 2. The molecule has 1 aliphatic carbocycles. The molecule has 5 heteroatoms. The molecule has 106 valence electrons. The van der Waals surface area contributed by atoms with Crippen molar-refractivity contribution in [1.82, 2.24) is 9.78 Å². The number of hydrogen-bond donors (Lipinski definition) is 1. The van der Waals surface area contributed by atoms with Crippen LogP contribution in [0.2, 0.25) is 5.02 Å². The minimum absolute atomic E-state index is 0.0782. The van der Waals surface area contributed by atoms with Gasteiger partial charge in [0.15, 0.2) is 5.78 Å². The van der Waals surface area contributed by atoms with Gasteiger partial charge in [-0.05, 0) is 52.0 Å². The second-order valence-corrected chi connectivity index (χ2v) is 6.10. The van der Waals surface area contributed by atoms with Gasteiger partial charge in [-0.1, -0.05) is 11.6 Å². The van der Waals surface area contributed by atoms with E-state index in [2.05, 4.69) is 5.10 Å². The lowest BCUT2D eigenvalue weighted by Gasteiger charge is -2.27. The summed E-state index contributed by atoms with van der Waals surface area (Å²) in [6.45, 7) is 4.74. The summed E-state index contributed by atoms with van der Waals surface area (Å²) in [5.74, 6) is 0.802. The summed E-state index contributed by atoms with van der Waals surface area (Å²) in [6.07, 6.45) is 5.49. The molecule has 1 aromatic heterocycles. The first kappa shape index (κ1) is 14.5. The van der Waals surface area contributed by atoms with Crippen LogP contribution in [-0.4, -0.2) is 22.1 Å². The molecule has 0 unspecified atom stereocenters. The molecule has 1 saturated carbocycles. The zero-order valence-corrected chi connectivity index (χ0v) is 12.4. The number of Topliss-reactive ketones (excluding diaryl/α,β-unsaturated/α-hetero) is 1. The Labute approximate surface area is 119 Å². The van der Waals surface area contributed by atoms with Crippen LogP contribution in [0.1, 0.15) is 56.1 Å². The van der Waals surface area contributed by atoms with Crippen LogP contribution in [0.25, 0.3) is 0 Å². The lowest BCUT2D eigenvalue weighted by Crippen LogP contribution is -2.27. The van der Waals surface area contributed by atoms with Gasteiger partial charge in [0, 0.05) is 12.0 Å². The lowest BCUT2D eigenvalue weighted by molar-refractivity contribution is 0.0860. The largest absolute Gasteiger partial charge is 0.330 e. The summed E-state index contributed by atoms with van der Waals surface area (Å²) in [5.41, 5.74) is 6.26. The monoisotopic (exact) mass is 283 g/mol. The van der Waals surface area contributed by atoms with Gasteiger partial charge in [-0.3, -0.25) is 9.48 Å². The van der Waals surface area contributed by atoms with E-state index in [9.17, 15) is 4.79 Å². The molecule has 19 heavy (non-hydrogen) atoms. The van der Waals surface area contributed by atoms with Gasteiger partial charge >= 0.3 is 0 Å². The highest BCUT2D eigenvalue weighted by Gasteiger charge is 2.30. The smallest absolute Gasteiger partial charge is 0.185 e. The normalized spacial score (nSPS) is 23.8. The second kappa shape index (κ2) is 6.06. The third kappa shape index (κ3) is 3.00.